The number of hydrogen-bond donors (Lipinski definition) is 0. The molecular formula is C15H18ClNO2. The van der Waals surface area contributed by atoms with Crippen molar-refractivity contribution in [3.63, 3.8) is 0 Å². The predicted molar refractivity (Wildman–Crippen MR) is 79.5 cm³/mol. The lowest BCUT2D eigenvalue weighted by molar-refractivity contribution is -0.137. The zero-order chi connectivity index (χ0) is 14.3. The molecule has 0 aromatic heterocycles. The highest BCUT2D eigenvalue weighted by molar-refractivity contribution is 6.73. The van der Waals surface area contributed by atoms with Gasteiger partial charge in [-0.25, -0.2) is 4.79 Å². The van der Waals surface area contributed by atoms with E-state index in [0.29, 0.717) is 18.7 Å². The molecule has 102 valence electrons. The van der Waals surface area contributed by atoms with Gasteiger partial charge in [0.1, 0.15) is 5.17 Å². The maximum atomic E-state index is 12.0. The summed E-state index contributed by atoms with van der Waals surface area (Å²) in [4.78, 5) is 16.1. The van der Waals surface area contributed by atoms with Crippen LogP contribution in [-0.2, 0) is 9.53 Å². The van der Waals surface area contributed by atoms with Crippen LogP contribution < -0.4 is 0 Å². The van der Waals surface area contributed by atoms with Crippen molar-refractivity contribution in [2.24, 2.45) is 4.99 Å². The fourth-order valence-electron chi connectivity index (χ4n) is 1.65. The van der Waals surface area contributed by atoms with E-state index < -0.39 is 5.97 Å². The van der Waals surface area contributed by atoms with Crippen molar-refractivity contribution in [2.75, 3.05) is 13.2 Å². The van der Waals surface area contributed by atoms with Crippen LogP contribution in [0.4, 0.5) is 0 Å². The Hall–Kier alpha value is -1.61. The SMILES string of the molecule is CCN=C(Cl)/C(C(=O)OCC)=C(\C)c1ccccc1. The van der Waals surface area contributed by atoms with Crippen molar-refractivity contribution < 1.29 is 9.53 Å². The van der Waals surface area contributed by atoms with E-state index in [1.807, 2.05) is 44.2 Å². The third kappa shape index (κ3) is 4.21. The number of halogens is 1. The summed E-state index contributed by atoms with van der Waals surface area (Å²) in [5, 5.41) is 0.197. The molecule has 0 radical (unpaired) electrons. The lowest BCUT2D eigenvalue weighted by Crippen LogP contribution is -2.14. The number of carbonyl (C=O) groups excluding carboxylic acids is 1. The maximum absolute atomic E-state index is 12.0. The first-order valence-corrected chi connectivity index (χ1v) is 6.63. The van der Waals surface area contributed by atoms with Crippen molar-refractivity contribution in [3.05, 3.63) is 41.5 Å². The van der Waals surface area contributed by atoms with Gasteiger partial charge in [-0.1, -0.05) is 41.9 Å². The topological polar surface area (TPSA) is 38.7 Å². The van der Waals surface area contributed by atoms with E-state index in [9.17, 15) is 4.79 Å². The van der Waals surface area contributed by atoms with Gasteiger partial charge >= 0.3 is 5.97 Å². The van der Waals surface area contributed by atoms with Gasteiger partial charge in [0.15, 0.2) is 0 Å². The van der Waals surface area contributed by atoms with Gasteiger partial charge in [-0.05, 0) is 31.9 Å². The van der Waals surface area contributed by atoms with Crippen molar-refractivity contribution in [1.29, 1.82) is 0 Å². The Morgan fingerprint density at radius 2 is 1.89 bits per heavy atom. The molecule has 0 atom stereocenters. The van der Waals surface area contributed by atoms with Gasteiger partial charge in [0, 0.05) is 6.54 Å². The molecule has 0 fully saturated rings. The number of esters is 1. The number of benzene rings is 1. The Balaban J connectivity index is 3.29. The second-order valence-electron chi connectivity index (χ2n) is 3.85. The molecule has 0 spiro atoms. The number of hydrogen-bond acceptors (Lipinski definition) is 3. The third-order valence-electron chi connectivity index (χ3n) is 2.56. The normalized spacial score (nSPS) is 12.9. The summed E-state index contributed by atoms with van der Waals surface area (Å²) in [7, 11) is 0. The van der Waals surface area contributed by atoms with E-state index in [1.165, 1.54) is 0 Å². The third-order valence-corrected chi connectivity index (χ3v) is 2.87. The zero-order valence-corrected chi connectivity index (χ0v) is 12.2. The molecule has 1 rings (SSSR count). The van der Waals surface area contributed by atoms with Crippen molar-refractivity contribution in [3.8, 4) is 0 Å². The summed E-state index contributed by atoms with van der Waals surface area (Å²) in [5.74, 6) is -0.439. The standard InChI is InChI=1S/C15H18ClNO2/c1-4-17-14(16)13(15(18)19-5-2)11(3)12-9-7-6-8-10-12/h6-10H,4-5H2,1-3H3/b13-11-,17-14?. The summed E-state index contributed by atoms with van der Waals surface area (Å²) in [6.07, 6.45) is 0. The first kappa shape index (κ1) is 15.4. The van der Waals surface area contributed by atoms with E-state index in [4.69, 9.17) is 16.3 Å². The second kappa shape index (κ2) is 7.74. The van der Waals surface area contributed by atoms with Gasteiger partial charge in [0.05, 0.1) is 12.2 Å². The van der Waals surface area contributed by atoms with Gasteiger partial charge in [0.2, 0.25) is 0 Å². The molecule has 0 aliphatic heterocycles. The average Bonchev–Trinajstić information content (AvgIpc) is 2.40. The summed E-state index contributed by atoms with van der Waals surface area (Å²) >= 11 is 6.11. The number of ether oxygens (including phenoxy) is 1. The summed E-state index contributed by atoms with van der Waals surface area (Å²) in [6.45, 7) is 6.29. The van der Waals surface area contributed by atoms with Gasteiger partial charge in [0.25, 0.3) is 0 Å². The first-order chi connectivity index (χ1) is 9.11. The highest BCUT2D eigenvalue weighted by Gasteiger charge is 2.19. The molecule has 0 unspecified atom stereocenters. The van der Waals surface area contributed by atoms with E-state index in [-0.39, 0.29) is 5.17 Å². The van der Waals surface area contributed by atoms with Gasteiger partial charge in [-0.15, -0.1) is 0 Å². The van der Waals surface area contributed by atoms with Gasteiger partial charge in [-0.3, -0.25) is 4.99 Å². The molecule has 0 amide bonds. The monoisotopic (exact) mass is 279 g/mol. The molecule has 3 nitrogen and oxygen atoms in total. The highest BCUT2D eigenvalue weighted by Crippen LogP contribution is 2.21. The largest absolute Gasteiger partial charge is 0.462 e. The number of nitrogens with zero attached hydrogens (tertiary/aromatic N) is 1. The Labute approximate surface area is 118 Å². The van der Waals surface area contributed by atoms with Crippen molar-refractivity contribution >= 4 is 28.3 Å². The smallest absolute Gasteiger partial charge is 0.341 e. The minimum atomic E-state index is -0.439. The second-order valence-corrected chi connectivity index (χ2v) is 4.21. The van der Waals surface area contributed by atoms with Crippen LogP contribution in [-0.4, -0.2) is 24.3 Å². The lowest BCUT2D eigenvalue weighted by Gasteiger charge is -2.10. The van der Waals surface area contributed by atoms with Crippen LogP contribution in [0.5, 0.6) is 0 Å². The quantitative estimate of drug-likeness (QED) is 0.468. The maximum Gasteiger partial charge on any atom is 0.341 e. The van der Waals surface area contributed by atoms with Gasteiger partial charge < -0.3 is 4.74 Å². The number of allylic oxidation sites excluding steroid dienone is 1. The minimum absolute atomic E-state index is 0.197. The van der Waals surface area contributed by atoms with Crippen LogP contribution in [0.1, 0.15) is 26.3 Å². The predicted octanol–water partition coefficient (Wildman–Crippen LogP) is 3.68. The van der Waals surface area contributed by atoms with E-state index in [2.05, 4.69) is 4.99 Å². The Morgan fingerprint density at radius 1 is 1.26 bits per heavy atom. The lowest BCUT2D eigenvalue weighted by atomic mass is 10.0. The molecule has 1 aromatic carbocycles. The molecule has 0 heterocycles. The molecule has 0 bridgehead atoms. The highest BCUT2D eigenvalue weighted by atomic mass is 35.5. The van der Waals surface area contributed by atoms with E-state index in [1.54, 1.807) is 6.92 Å². The van der Waals surface area contributed by atoms with Crippen LogP contribution in [0, 0.1) is 0 Å². The average molecular weight is 280 g/mol. The van der Waals surface area contributed by atoms with Crippen LogP contribution >= 0.6 is 11.6 Å². The van der Waals surface area contributed by atoms with Crippen molar-refractivity contribution in [2.45, 2.75) is 20.8 Å². The van der Waals surface area contributed by atoms with E-state index >= 15 is 0 Å². The molecule has 4 heteroatoms. The fourth-order valence-corrected chi connectivity index (χ4v) is 1.98. The zero-order valence-electron chi connectivity index (χ0n) is 11.4. The van der Waals surface area contributed by atoms with Crippen LogP contribution in [0.2, 0.25) is 0 Å². The molecule has 0 N–H and O–H groups in total. The minimum Gasteiger partial charge on any atom is -0.462 e. The molecule has 1 aromatic rings. The number of rotatable bonds is 5. The molecule has 19 heavy (non-hydrogen) atoms. The summed E-state index contributed by atoms with van der Waals surface area (Å²) < 4.78 is 5.05. The Kier molecular flexibility index (Phi) is 6.30. The molecule has 0 saturated heterocycles. The summed E-state index contributed by atoms with van der Waals surface area (Å²) in [5.41, 5.74) is 2.02. The first-order valence-electron chi connectivity index (χ1n) is 6.25. The fraction of sp³-hybridized carbons (Fsp3) is 0.333. The van der Waals surface area contributed by atoms with Gasteiger partial charge in [-0.2, -0.15) is 0 Å². The van der Waals surface area contributed by atoms with Crippen LogP contribution in [0.15, 0.2) is 40.9 Å². The summed E-state index contributed by atoms with van der Waals surface area (Å²) in [6, 6.07) is 9.58. The van der Waals surface area contributed by atoms with E-state index in [0.717, 1.165) is 11.1 Å². The van der Waals surface area contributed by atoms with Crippen LogP contribution in [0.25, 0.3) is 5.57 Å². The van der Waals surface area contributed by atoms with Crippen molar-refractivity contribution in [1.82, 2.24) is 0 Å². The van der Waals surface area contributed by atoms with Crippen LogP contribution in [0.3, 0.4) is 0 Å². The number of carbonyl (C=O) groups is 1. The molecule has 0 aliphatic rings. The Bertz CT molecular complexity index is 492. The molecule has 0 aliphatic carbocycles. The molecular weight excluding hydrogens is 262 g/mol. The number of aliphatic imine (C=N–C) groups is 1. The Morgan fingerprint density at radius 3 is 2.42 bits per heavy atom. The molecule has 0 saturated carbocycles.